The molecule has 0 aromatic rings. The average Bonchev–Trinajstić information content (AvgIpc) is 2.14. The number of aliphatic hydroxyl groups is 1. The highest BCUT2D eigenvalue weighted by atomic mass is 16.3. The largest absolute Gasteiger partial charge is 0.394 e. The van der Waals surface area contributed by atoms with Crippen LogP contribution < -0.4 is 5.32 Å². The lowest BCUT2D eigenvalue weighted by atomic mass is 10.1. The van der Waals surface area contributed by atoms with Gasteiger partial charge in [0.15, 0.2) is 0 Å². The minimum atomic E-state index is -0.105. The second kappa shape index (κ2) is 5.94. The Balaban J connectivity index is 4.08. The molecule has 4 heteroatoms. The smallest absolute Gasteiger partial charge is 0.226 e. The molecule has 4 nitrogen and oxygen atoms in total. The molecule has 2 atom stereocenters. The van der Waals surface area contributed by atoms with Crippen LogP contribution in [0.2, 0.25) is 0 Å². The molecule has 0 saturated heterocycles. The van der Waals surface area contributed by atoms with Crippen molar-refractivity contribution in [2.45, 2.75) is 19.9 Å². The number of carbonyl (C=O) groups excluding carboxylic acids is 1. The van der Waals surface area contributed by atoms with E-state index in [2.05, 4.69) is 5.32 Å². The zero-order chi connectivity index (χ0) is 10.4. The highest BCUT2D eigenvalue weighted by Gasteiger charge is 2.20. The number of hydrogen-bond donors (Lipinski definition) is 2. The van der Waals surface area contributed by atoms with Gasteiger partial charge in [-0.3, -0.25) is 4.79 Å². The van der Waals surface area contributed by atoms with Crippen LogP contribution in [0.25, 0.3) is 0 Å². The highest BCUT2D eigenvalue weighted by Crippen LogP contribution is 2.03. The van der Waals surface area contributed by atoms with Gasteiger partial charge in [-0.25, -0.2) is 0 Å². The molecule has 0 aliphatic rings. The maximum atomic E-state index is 11.6. The minimum Gasteiger partial charge on any atom is -0.394 e. The van der Waals surface area contributed by atoms with Crippen molar-refractivity contribution in [3.05, 3.63) is 0 Å². The van der Waals surface area contributed by atoms with Gasteiger partial charge in [0.25, 0.3) is 0 Å². The molecule has 2 N–H and O–H groups in total. The van der Waals surface area contributed by atoms with E-state index in [1.807, 2.05) is 20.9 Å². The molecule has 0 rings (SSSR count). The summed E-state index contributed by atoms with van der Waals surface area (Å²) in [6.07, 6.45) is 0. The summed E-state index contributed by atoms with van der Waals surface area (Å²) in [6.45, 7) is 4.37. The zero-order valence-electron chi connectivity index (χ0n) is 8.87. The molecule has 0 fully saturated rings. The molecule has 0 aliphatic carbocycles. The molecular weight excluding hydrogens is 168 g/mol. The van der Waals surface area contributed by atoms with Gasteiger partial charge in [0.05, 0.1) is 12.6 Å². The van der Waals surface area contributed by atoms with E-state index >= 15 is 0 Å². The Bertz CT molecular complexity index is 162. The summed E-state index contributed by atoms with van der Waals surface area (Å²) in [7, 11) is 3.54. The van der Waals surface area contributed by atoms with Crippen LogP contribution in [0.4, 0.5) is 0 Å². The second-order valence-corrected chi connectivity index (χ2v) is 3.44. The van der Waals surface area contributed by atoms with Gasteiger partial charge in [-0.2, -0.15) is 0 Å². The summed E-state index contributed by atoms with van der Waals surface area (Å²) in [4.78, 5) is 13.2. The summed E-state index contributed by atoms with van der Waals surface area (Å²) < 4.78 is 0. The zero-order valence-corrected chi connectivity index (χ0v) is 8.87. The van der Waals surface area contributed by atoms with Gasteiger partial charge >= 0.3 is 0 Å². The number of hydrogen-bond acceptors (Lipinski definition) is 3. The molecule has 0 radical (unpaired) electrons. The van der Waals surface area contributed by atoms with E-state index in [1.165, 1.54) is 0 Å². The summed E-state index contributed by atoms with van der Waals surface area (Å²) in [5, 5.41) is 11.8. The molecule has 0 saturated carbocycles. The molecule has 0 bridgehead atoms. The Morgan fingerprint density at radius 3 is 2.46 bits per heavy atom. The van der Waals surface area contributed by atoms with Crippen molar-refractivity contribution >= 4 is 5.91 Å². The van der Waals surface area contributed by atoms with Crippen molar-refractivity contribution in [1.82, 2.24) is 10.2 Å². The molecule has 1 amide bonds. The standard InChI is InChI=1S/C9H20N2O2/c1-7(5-10-3)9(13)11(4)8(2)6-12/h7-8,10,12H,5-6H2,1-4H3. The van der Waals surface area contributed by atoms with Gasteiger partial charge < -0.3 is 15.3 Å². The van der Waals surface area contributed by atoms with Crippen LogP contribution in [0, 0.1) is 5.92 Å². The molecule has 0 aromatic carbocycles. The third kappa shape index (κ3) is 3.74. The Morgan fingerprint density at radius 2 is 2.08 bits per heavy atom. The van der Waals surface area contributed by atoms with E-state index in [0.29, 0.717) is 6.54 Å². The van der Waals surface area contributed by atoms with E-state index in [1.54, 1.807) is 11.9 Å². The summed E-state index contributed by atoms with van der Waals surface area (Å²) in [5.41, 5.74) is 0. The predicted molar refractivity (Wildman–Crippen MR) is 52.4 cm³/mol. The first-order valence-electron chi connectivity index (χ1n) is 4.56. The number of nitrogens with zero attached hydrogens (tertiary/aromatic N) is 1. The van der Waals surface area contributed by atoms with Crippen LogP contribution in [-0.4, -0.2) is 49.2 Å². The maximum Gasteiger partial charge on any atom is 0.226 e. The Labute approximate surface area is 79.9 Å². The quantitative estimate of drug-likeness (QED) is 0.622. The van der Waals surface area contributed by atoms with Crippen LogP contribution in [0.3, 0.4) is 0 Å². The highest BCUT2D eigenvalue weighted by molar-refractivity contribution is 5.78. The Kier molecular flexibility index (Phi) is 5.66. The molecule has 78 valence electrons. The van der Waals surface area contributed by atoms with E-state index in [9.17, 15) is 4.79 Å². The topological polar surface area (TPSA) is 52.6 Å². The SMILES string of the molecule is CNCC(C)C(=O)N(C)C(C)CO. The lowest BCUT2D eigenvalue weighted by Crippen LogP contribution is -2.42. The lowest BCUT2D eigenvalue weighted by molar-refractivity contribution is -0.136. The van der Waals surface area contributed by atoms with Gasteiger partial charge in [-0.1, -0.05) is 6.92 Å². The summed E-state index contributed by atoms with van der Waals surface area (Å²) in [6, 6.07) is -0.105. The average molecular weight is 188 g/mol. The number of nitrogens with one attached hydrogen (secondary N) is 1. The van der Waals surface area contributed by atoms with Crippen LogP contribution in [0.5, 0.6) is 0 Å². The van der Waals surface area contributed by atoms with E-state index in [0.717, 1.165) is 0 Å². The van der Waals surface area contributed by atoms with Gasteiger partial charge in [-0.05, 0) is 14.0 Å². The van der Waals surface area contributed by atoms with E-state index in [4.69, 9.17) is 5.11 Å². The van der Waals surface area contributed by atoms with Gasteiger partial charge in [0, 0.05) is 19.5 Å². The fourth-order valence-electron chi connectivity index (χ4n) is 1.08. The van der Waals surface area contributed by atoms with Gasteiger partial charge in [0.1, 0.15) is 0 Å². The van der Waals surface area contributed by atoms with Crippen LogP contribution >= 0.6 is 0 Å². The van der Waals surface area contributed by atoms with Crippen molar-refractivity contribution in [2.75, 3.05) is 27.2 Å². The van der Waals surface area contributed by atoms with Crippen LogP contribution in [-0.2, 0) is 4.79 Å². The first kappa shape index (κ1) is 12.4. The number of carbonyl (C=O) groups is 1. The Hall–Kier alpha value is -0.610. The second-order valence-electron chi connectivity index (χ2n) is 3.44. The molecule has 13 heavy (non-hydrogen) atoms. The number of likely N-dealkylation sites (N-methyl/N-ethyl adjacent to an activating group) is 1. The van der Waals surface area contributed by atoms with Crippen molar-refractivity contribution in [3.63, 3.8) is 0 Å². The molecule has 0 aromatic heterocycles. The molecule has 2 unspecified atom stereocenters. The minimum absolute atomic E-state index is 0.00845. The van der Waals surface area contributed by atoms with Gasteiger partial charge in [0.2, 0.25) is 5.91 Å². The Morgan fingerprint density at radius 1 is 1.54 bits per heavy atom. The lowest BCUT2D eigenvalue weighted by Gasteiger charge is -2.26. The van der Waals surface area contributed by atoms with E-state index in [-0.39, 0.29) is 24.5 Å². The van der Waals surface area contributed by atoms with Crippen molar-refractivity contribution < 1.29 is 9.90 Å². The van der Waals surface area contributed by atoms with Crippen molar-refractivity contribution in [2.24, 2.45) is 5.92 Å². The monoisotopic (exact) mass is 188 g/mol. The third-order valence-corrected chi connectivity index (χ3v) is 2.20. The molecule has 0 spiro atoms. The molecule has 0 aliphatic heterocycles. The number of amides is 1. The van der Waals surface area contributed by atoms with Gasteiger partial charge in [-0.15, -0.1) is 0 Å². The summed E-state index contributed by atoms with van der Waals surface area (Å²) >= 11 is 0. The fraction of sp³-hybridized carbons (Fsp3) is 0.889. The third-order valence-electron chi connectivity index (χ3n) is 2.20. The number of aliphatic hydroxyl groups excluding tert-OH is 1. The first-order chi connectivity index (χ1) is 6.04. The normalized spacial score (nSPS) is 15.2. The maximum absolute atomic E-state index is 11.6. The molecule has 0 heterocycles. The van der Waals surface area contributed by atoms with Crippen LogP contribution in [0.15, 0.2) is 0 Å². The molecular formula is C9H20N2O2. The van der Waals surface area contributed by atoms with Crippen LogP contribution in [0.1, 0.15) is 13.8 Å². The van der Waals surface area contributed by atoms with Crippen molar-refractivity contribution in [1.29, 1.82) is 0 Å². The van der Waals surface area contributed by atoms with Crippen molar-refractivity contribution in [3.8, 4) is 0 Å². The predicted octanol–water partition coefficient (Wildman–Crippen LogP) is -0.319. The first-order valence-corrected chi connectivity index (χ1v) is 4.56. The van der Waals surface area contributed by atoms with E-state index < -0.39 is 0 Å². The number of rotatable bonds is 5. The fourth-order valence-corrected chi connectivity index (χ4v) is 1.08. The summed E-state index contributed by atoms with van der Waals surface area (Å²) in [5.74, 6) is 0.0277.